The average molecular weight is 336 g/mol. The number of nitrogens with one attached hydrogen (secondary N) is 1. The second-order valence-electron chi connectivity index (χ2n) is 5.73. The van der Waals surface area contributed by atoms with E-state index in [-0.39, 0.29) is 6.04 Å². The molecule has 0 aromatic heterocycles. The number of ether oxygens (including phenoxy) is 1. The van der Waals surface area contributed by atoms with E-state index in [4.69, 9.17) is 4.74 Å². The molecular weight excluding hydrogens is 316 g/mol. The number of carbonyl (C=O) groups excluding carboxylic acids is 2. The molecule has 1 N–H and O–H groups in total. The first-order valence-corrected chi connectivity index (χ1v) is 7.95. The predicted octanol–water partition coefficient (Wildman–Crippen LogP) is 2.83. The van der Waals surface area contributed by atoms with Crippen molar-refractivity contribution < 1.29 is 14.3 Å². The van der Waals surface area contributed by atoms with Crippen molar-refractivity contribution in [2.75, 3.05) is 13.7 Å². The normalized spacial score (nSPS) is 12.7. The van der Waals surface area contributed by atoms with Crippen LogP contribution in [-0.4, -0.2) is 31.4 Å². The van der Waals surface area contributed by atoms with Crippen LogP contribution in [0.25, 0.3) is 11.1 Å². The molecule has 5 heteroatoms. The third-order valence-corrected chi connectivity index (χ3v) is 3.74. The molecule has 0 unspecified atom stereocenters. The van der Waals surface area contributed by atoms with Gasteiger partial charge >= 0.3 is 0 Å². The van der Waals surface area contributed by atoms with Crippen LogP contribution in [0.15, 0.2) is 54.6 Å². The minimum atomic E-state index is -1.37. The second kappa shape index (κ2) is 8.76. The molecule has 1 amide bonds. The summed E-state index contributed by atoms with van der Waals surface area (Å²) >= 11 is 0. The van der Waals surface area contributed by atoms with Crippen molar-refractivity contribution in [3.63, 3.8) is 0 Å². The van der Waals surface area contributed by atoms with Gasteiger partial charge in [0, 0.05) is 18.7 Å². The van der Waals surface area contributed by atoms with Crippen LogP contribution in [0.5, 0.6) is 0 Å². The lowest BCUT2D eigenvalue weighted by Gasteiger charge is -2.15. The molecule has 2 aromatic rings. The van der Waals surface area contributed by atoms with Crippen molar-refractivity contribution in [1.29, 1.82) is 5.26 Å². The lowest BCUT2D eigenvalue weighted by molar-refractivity contribution is -0.123. The number of rotatable bonds is 7. The van der Waals surface area contributed by atoms with Crippen LogP contribution in [0.4, 0.5) is 0 Å². The topological polar surface area (TPSA) is 79.2 Å². The Kier molecular flexibility index (Phi) is 6.44. The standard InChI is InChI=1S/C20H20N2O3/c1-14(13-25-2)22-20(24)18(12-21)19(23)17-10-8-16(9-11-17)15-6-4-3-5-7-15/h3-11,14,18H,13H2,1-2H3,(H,22,24)/t14-,18-/m0/s1. The summed E-state index contributed by atoms with van der Waals surface area (Å²) in [4.78, 5) is 24.6. The van der Waals surface area contributed by atoms with Crippen molar-refractivity contribution in [2.45, 2.75) is 13.0 Å². The van der Waals surface area contributed by atoms with E-state index in [1.54, 1.807) is 25.1 Å². The second-order valence-corrected chi connectivity index (χ2v) is 5.73. The van der Waals surface area contributed by atoms with E-state index in [9.17, 15) is 14.9 Å². The molecule has 0 fully saturated rings. The minimum Gasteiger partial charge on any atom is -0.383 e. The molecule has 0 aliphatic rings. The summed E-state index contributed by atoms with van der Waals surface area (Å²) in [7, 11) is 1.52. The maximum atomic E-state index is 12.5. The number of amides is 1. The molecule has 0 radical (unpaired) electrons. The Hall–Kier alpha value is -2.97. The molecule has 2 aromatic carbocycles. The third-order valence-electron chi connectivity index (χ3n) is 3.74. The van der Waals surface area contributed by atoms with Gasteiger partial charge in [0.05, 0.1) is 12.7 Å². The average Bonchev–Trinajstić information content (AvgIpc) is 2.63. The highest BCUT2D eigenvalue weighted by atomic mass is 16.5. The van der Waals surface area contributed by atoms with E-state index < -0.39 is 17.6 Å². The maximum absolute atomic E-state index is 12.5. The van der Waals surface area contributed by atoms with E-state index in [2.05, 4.69) is 5.32 Å². The molecule has 0 saturated heterocycles. The van der Waals surface area contributed by atoms with Crippen molar-refractivity contribution in [3.8, 4) is 17.2 Å². The smallest absolute Gasteiger partial charge is 0.245 e. The number of methoxy groups -OCH3 is 1. The van der Waals surface area contributed by atoms with Gasteiger partial charge in [-0.3, -0.25) is 9.59 Å². The van der Waals surface area contributed by atoms with Gasteiger partial charge in [0.25, 0.3) is 0 Å². The van der Waals surface area contributed by atoms with Crippen LogP contribution in [-0.2, 0) is 9.53 Å². The Balaban J connectivity index is 2.13. The van der Waals surface area contributed by atoms with Crippen LogP contribution < -0.4 is 5.32 Å². The zero-order chi connectivity index (χ0) is 18.2. The summed E-state index contributed by atoms with van der Waals surface area (Å²) in [6.07, 6.45) is 0. The Morgan fingerprint density at radius 1 is 1.08 bits per heavy atom. The molecule has 0 saturated carbocycles. The van der Waals surface area contributed by atoms with Gasteiger partial charge in [-0.1, -0.05) is 54.6 Å². The monoisotopic (exact) mass is 336 g/mol. The number of Topliss-reactive ketones (excluding diaryl/α,β-unsaturated/α-hetero) is 1. The minimum absolute atomic E-state index is 0.276. The van der Waals surface area contributed by atoms with Crippen molar-refractivity contribution in [1.82, 2.24) is 5.32 Å². The van der Waals surface area contributed by atoms with Gasteiger partial charge in [-0.25, -0.2) is 0 Å². The van der Waals surface area contributed by atoms with E-state index in [0.717, 1.165) is 11.1 Å². The highest BCUT2D eigenvalue weighted by Gasteiger charge is 2.28. The third kappa shape index (κ3) is 4.75. The van der Waals surface area contributed by atoms with Gasteiger partial charge in [-0.05, 0) is 18.1 Å². The van der Waals surface area contributed by atoms with Crippen molar-refractivity contribution >= 4 is 11.7 Å². The summed E-state index contributed by atoms with van der Waals surface area (Å²) < 4.78 is 4.94. The fourth-order valence-corrected chi connectivity index (χ4v) is 2.48. The number of ketones is 1. The quantitative estimate of drug-likeness (QED) is 0.623. The van der Waals surface area contributed by atoms with Crippen molar-refractivity contribution in [3.05, 3.63) is 60.2 Å². The highest BCUT2D eigenvalue weighted by molar-refractivity contribution is 6.12. The number of nitriles is 1. The largest absolute Gasteiger partial charge is 0.383 e. The number of benzene rings is 2. The number of carbonyl (C=O) groups is 2. The summed E-state index contributed by atoms with van der Waals surface area (Å²) in [6.45, 7) is 2.05. The van der Waals surface area contributed by atoms with E-state index in [1.165, 1.54) is 7.11 Å². The van der Waals surface area contributed by atoms with E-state index in [0.29, 0.717) is 12.2 Å². The molecule has 0 aliphatic carbocycles. The fraction of sp³-hybridized carbons (Fsp3) is 0.250. The van der Waals surface area contributed by atoms with E-state index >= 15 is 0 Å². The molecule has 2 atom stereocenters. The van der Waals surface area contributed by atoms with E-state index in [1.807, 2.05) is 42.5 Å². The molecule has 25 heavy (non-hydrogen) atoms. The molecule has 2 rings (SSSR count). The van der Waals surface area contributed by atoms with Crippen LogP contribution in [0, 0.1) is 17.2 Å². The molecule has 5 nitrogen and oxygen atoms in total. The van der Waals surface area contributed by atoms with Gasteiger partial charge < -0.3 is 10.1 Å². The molecule has 0 heterocycles. The zero-order valence-electron chi connectivity index (χ0n) is 14.2. The van der Waals surface area contributed by atoms with Crippen LogP contribution in [0.3, 0.4) is 0 Å². The SMILES string of the molecule is COC[C@H](C)NC(=O)[C@@H](C#N)C(=O)c1ccc(-c2ccccc2)cc1. The van der Waals surface area contributed by atoms with Crippen LogP contribution in [0.1, 0.15) is 17.3 Å². The van der Waals surface area contributed by atoms with Gasteiger partial charge in [-0.15, -0.1) is 0 Å². The Bertz CT molecular complexity index is 764. The zero-order valence-corrected chi connectivity index (χ0v) is 14.2. The van der Waals surface area contributed by atoms with Gasteiger partial charge in [0.2, 0.25) is 5.91 Å². The number of hydrogen-bond donors (Lipinski definition) is 1. The summed E-state index contributed by atoms with van der Waals surface area (Å²) in [5.74, 6) is -2.49. The van der Waals surface area contributed by atoms with Crippen LogP contribution in [0.2, 0.25) is 0 Å². The van der Waals surface area contributed by atoms with Crippen molar-refractivity contribution in [2.24, 2.45) is 5.92 Å². The predicted molar refractivity (Wildman–Crippen MR) is 94.8 cm³/mol. The van der Waals surface area contributed by atoms with Gasteiger partial charge in [0.15, 0.2) is 11.7 Å². The molecule has 0 bridgehead atoms. The van der Waals surface area contributed by atoms with Gasteiger partial charge in [0.1, 0.15) is 0 Å². The first-order chi connectivity index (χ1) is 12.1. The lowest BCUT2D eigenvalue weighted by Crippen LogP contribution is -2.41. The molecule has 0 aliphatic heterocycles. The first-order valence-electron chi connectivity index (χ1n) is 7.95. The lowest BCUT2D eigenvalue weighted by atomic mass is 9.95. The fourth-order valence-electron chi connectivity index (χ4n) is 2.48. The van der Waals surface area contributed by atoms with Crippen LogP contribution >= 0.6 is 0 Å². The summed E-state index contributed by atoms with van der Waals surface area (Å²) in [5.41, 5.74) is 2.33. The summed E-state index contributed by atoms with van der Waals surface area (Å²) in [6, 6.07) is 18.2. The molecular formula is C20H20N2O3. The number of hydrogen-bond acceptors (Lipinski definition) is 4. The summed E-state index contributed by atoms with van der Waals surface area (Å²) in [5, 5.41) is 11.9. The first kappa shape index (κ1) is 18.4. The van der Waals surface area contributed by atoms with Gasteiger partial charge in [-0.2, -0.15) is 5.26 Å². The molecule has 128 valence electrons. The Morgan fingerprint density at radius 3 is 2.24 bits per heavy atom. The Labute approximate surface area is 147 Å². The number of nitrogens with zero attached hydrogens (tertiary/aromatic N) is 1. The molecule has 0 spiro atoms. The Morgan fingerprint density at radius 2 is 1.68 bits per heavy atom. The highest BCUT2D eigenvalue weighted by Crippen LogP contribution is 2.20. The maximum Gasteiger partial charge on any atom is 0.245 e.